The van der Waals surface area contributed by atoms with Crippen molar-refractivity contribution in [2.24, 2.45) is 0 Å². The highest BCUT2D eigenvalue weighted by Crippen LogP contribution is 2.38. The first-order valence-electron chi connectivity index (χ1n) is 14.0. The Kier molecular flexibility index (Phi) is 10.3. The Morgan fingerprint density at radius 2 is 1.60 bits per heavy atom. The van der Waals surface area contributed by atoms with Crippen LogP contribution in [0.3, 0.4) is 0 Å². The molecule has 4 rings (SSSR count). The Morgan fingerprint density at radius 1 is 0.950 bits per heavy atom. The number of aliphatic hydroxyl groups excluding tert-OH is 2. The first-order chi connectivity index (χ1) is 19.3. The molecule has 0 unspecified atom stereocenters. The van der Waals surface area contributed by atoms with Gasteiger partial charge >= 0.3 is 0 Å². The van der Waals surface area contributed by atoms with E-state index in [1.54, 1.807) is 11.3 Å². The van der Waals surface area contributed by atoms with Crippen molar-refractivity contribution in [1.82, 2.24) is 10.2 Å². The number of carbonyl (C=O) groups excluding carboxylic acids is 3. The zero-order chi connectivity index (χ0) is 28.5. The zero-order valence-corrected chi connectivity index (χ0v) is 23.7. The summed E-state index contributed by atoms with van der Waals surface area (Å²) in [6.07, 6.45) is -0.232. The van der Waals surface area contributed by atoms with Gasteiger partial charge in [-0.1, -0.05) is 67.6 Å². The van der Waals surface area contributed by atoms with E-state index < -0.39 is 29.4 Å². The molecule has 2 heterocycles. The van der Waals surface area contributed by atoms with E-state index in [0.29, 0.717) is 25.7 Å². The second kappa shape index (κ2) is 13.8. The Morgan fingerprint density at radius 3 is 2.25 bits per heavy atom. The maximum atomic E-state index is 13.2. The predicted molar refractivity (Wildman–Crippen MR) is 156 cm³/mol. The fourth-order valence-electron chi connectivity index (χ4n) is 5.42. The van der Waals surface area contributed by atoms with Crippen LogP contribution >= 0.6 is 11.3 Å². The molecule has 0 radical (unpaired) electrons. The Bertz CT molecular complexity index is 1270. The first kappa shape index (κ1) is 29.6. The van der Waals surface area contributed by atoms with Gasteiger partial charge in [0.25, 0.3) is 11.8 Å². The number of nitrogens with zero attached hydrogens (tertiary/aromatic N) is 1. The van der Waals surface area contributed by atoms with Crippen LogP contribution < -0.4 is 5.32 Å². The second-order valence-corrected chi connectivity index (χ2v) is 11.5. The lowest BCUT2D eigenvalue weighted by molar-refractivity contribution is -0.154. The molecule has 2 amide bonds. The van der Waals surface area contributed by atoms with Crippen LogP contribution in [0.2, 0.25) is 0 Å². The molecule has 0 aliphatic carbocycles. The number of amides is 2. The number of benzene rings is 2. The van der Waals surface area contributed by atoms with Crippen molar-refractivity contribution in [1.29, 1.82) is 0 Å². The van der Waals surface area contributed by atoms with Crippen molar-refractivity contribution in [3.05, 3.63) is 93.7 Å². The molecule has 212 valence electrons. The molecule has 7 nitrogen and oxygen atoms in total. The third-order valence-electron chi connectivity index (χ3n) is 7.72. The van der Waals surface area contributed by atoms with Gasteiger partial charge in [0.05, 0.1) is 5.41 Å². The van der Waals surface area contributed by atoms with Crippen LogP contribution in [0.15, 0.2) is 72.1 Å². The van der Waals surface area contributed by atoms with Gasteiger partial charge in [0.1, 0.15) is 5.78 Å². The predicted octanol–water partition coefficient (Wildman–Crippen LogP) is 3.65. The third-order valence-corrected chi connectivity index (χ3v) is 8.76. The van der Waals surface area contributed by atoms with Gasteiger partial charge in [-0.05, 0) is 60.2 Å². The summed E-state index contributed by atoms with van der Waals surface area (Å²) in [5.41, 5.74) is 2.71. The van der Waals surface area contributed by atoms with E-state index in [4.69, 9.17) is 0 Å². The van der Waals surface area contributed by atoms with E-state index in [0.717, 1.165) is 23.3 Å². The summed E-state index contributed by atoms with van der Waals surface area (Å²) in [5, 5.41) is 25.7. The number of carbonyl (C=O) groups is 3. The molecule has 1 saturated heterocycles. The van der Waals surface area contributed by atoms with Crippen molar-refractivity contribution in [2.45, 2.75) is 63.1 Å². The molecule has 0 saturated carbocycles. The summed E-state index contributed by atoms with van der Waals surface area (Å²) in [5.74, 6) is -1.32. The highest BCUT2D eigenvalue weighted by atomic mass is 32.1. The summed E-state index contributed by atoms with van der Waals surface area (Å²) in [6, 6.07) is 21.9. The number of piperidine rings is 1. The number of hydrogen-bond acceptors (Lipinski definition) is 6. The molecule has 0 spiro atoms. The maximum absolute atomic E-state index is 13.2. The first-order valence-corrected chi connectivity index (χ1v) is 14.8. The van der Waals surface area contributed by atoms with Crippen molar-refractivity contribution < 1.29 is 24.6 Å². The van der Waals surface area contributed by atoms with E-state index in [9.17, 15) is 24.6 Å². The van der Waals surface area contributed by atoms with Crippen molar-refractivity contribution in [3.8, 4) is 0 Å². The van der Waals surface area contributed by atoms with Gasteiger partial charge in [-0.3, -0.25) is 14.4 Å². The maximum Gasteiger partial charge on any atom is 0.254 e. The summed E-state index contributed by atoms with van der Waals surface area (Å²) < 4.78 is 0. The molecule has 1 fully saturated rings. The minimum atomic E-state index is -1.87. The summed E-state index contributed by atoms with van der Waals surface area (Å²) in [7, 11) is 0. The molecule has 3 N–H and O–H groups in total. The van der Waals surface area contributed by atoms with Crippen molar-refractivity contribution in [3.63, 3.8) is 0 Å². The van der Waals surface area contributed by atoms with Gasteiger partial charge in [-0.15, -0.1) is 11.3 Å². The number of hydrogen-bond donors (Lipinski definition) is 3. The lowest BCUT2D eigenvalue weighted by Crippen LogP contribution is -2.55. The molecule has 0 bridgehead atoms. The van der Waals surface area contributed by atoms with Crippen molar-refractivity contribution >= 4 is 28.9 Å². The van der Waals surface area contributed by atoms with Gasteiger partial charge < -0.3 is 20.4 Å². The number of ketones is 1. The smallest absolute Gasteiger partial charge is 0.254 e. The second-order valence-electron chi connectivity index (χ2n) is 10.5. The van der Waals surface area contributed by atoms with E-state index in [-0.39, 0.29) is 25.4 Å². The van der Waals surface area contributed by atoms with Crippen LogP contribution in [-0.4, -0.2) is 64.6 Å². The number of nitrogens with one attached hydrogen (secondary N) is 1. The highest BCUT2D eigenvalue weighted by Gasteiger charge is 2.44. The molecular formula is C32H38N2O5S. The summed E-state index contributed by atoms with van der Waals surface area (Å²) in [4.78, 5) is 41.2. The fourth-order valence-corrected chi connectivity index (χ4v) is 6.31. The lowest BCUT2D eigenvalue weighted by Gasteiger charge is -2.42. The highest BCUT2D eigenvalue weighted by molar-refractivity contribution is 7.10. The molecule has 2 aromatic carbocycles. The fraction of sp³-hybridized carbons (Fsp3) is 0.406. The monoisotopic (exact) mass is 562 g/mol. The molecular weight excluding hydrogens is 524 g/mol. The third kappa shape index (κ3) is 7.05. The molecule has 2 atom stereocenters. The number of thiophene rings is 1. The Balaban J connectivity index is 1.27. The van der Waals surface area contributed by atoms with E-state index >= 15 is 0 Å². The average Bonchev–Trinajstić information content (AvgIpc) is 3.43. The van der Waals surface area contributed by atoms with Gasteiger partial charge in [-0.2, -0.15) is 0 Å². The van der Waals surface area contributed by atoms with Gasteiger partial charge in [-0.25, -0.2) is 0 Å². The van der Waals surface area contributed by atoms with Crippen LogP contribution in [-0.2, 0) is 32.6 Å². The number of rotatable bonds is 12. The molecule has 8 heteroatoms. The number of aliphatic hydroxyl groups is 2. The van der Waals surface area contributed by atoms with Gasteiger partial charge in [0.2, 0.25) is 0 Å². The molecule has 1 aromatic heterocycles. The standard InChI is InChI=1S/C32H38N2O5S/c1-2-9-27(35)32(25-12-7-4-8-13-25)15-18-34(19-16-32)31(39)29(37)28(36)30(38)33-17-14-26-21-24(22-40-26)20-23-10-5-3-6-11-23/h3-8,10-13,21-22,28-29,36-37H,2,9,14-20H2,1H3,(H,33,38)/t28-,29-/m1/s1. The SMILES string of the molecule is CCCC(=O)C1(c2ccccc2)CCN(C(=O)[C@H](O)[C@@H](O)C(=O)NCCc2cc(Cc3ccccc3)cs2)CC1. The largest absolute Gasteiger partial charge is 0.380 e. The Labute approximate surface area is 239 Å². The molecule has 3 aromatic rings. The van der Waals surface area contributed by atoms with E-state index in [1.165, 1.54) is 16.0 Å². The molecule has 40 heavy (non-hydrogen) atoms. The normalized spacial score (nSPS) is 16.2. The molecule has 1 aliphatic heterocycles. The van der Waals surface area contributed by atoms with E-state index in [1.807, 2.05) is 55.5 Å². The summed E-state index contributed by atoms with van der Waals surface area (Å²) in [6.45, 7) is 2.78. The Hall–Kier alpha value is -3.33. The van der Waals surface area contributed by atoms with Crippen LogP contribution in [0.25, 0.3) is 0 Å². The topological polar surface area (TPSA) is 107 Å². The number of likely N-dealkylation sites (tertiary alicyclic amines) is 1. The van der Waals surface area contributed by atoms with Gasteiger partial charge in [0, 0.05) is 30.9 Å². The van der Waals surface area contributed by atoms with Crippen LogP contribution in [0.5, 0.6) is 0 Å². The zero-order valence-electron chi connectivity index (χ0n) is 22.9. The van der Waals surface area contributed by atoms with Crippen LogP contribution in [0, 0.1) is 0 Å². The van der Waals surface area contributed by atoms with Crippen LogP contribution in [0.4, 0.5) is 0 Å². The molecule has 1 aliphatic rings. The summed E-state index contributed by atoms with van der Waals surface area (Å²) >= 11 is 1.61. The minimum Gasteiger partial charge on any atom is -0.380 e. The van der Waals surface area contributed by atoms with Gasteiger partial charge in [0.15, 0.2) is 12.2 Å². The minimum absolute atomic E-state index is 0.159. The number of Topliss-reactive ketones (excluding diaryl/α,β-unsaturated/α-hetero) is 1. The quantitative estimate of drug-likeness (QED) is 0.313. The lowest BCUT2D eigenvalue weighted by atomic mass is 9.68. The van der Waals surface area contributed by atoms with Crippen LogP contribution in [0.1, 0.15) is 54.2 Å². The van der Waals surface area contributed by atoms with E-state index in [2.05, 4.69) is 28.9 Å². The van der Waals surface area contributed by atoms with Crippen molar-refractivity contribution in [2.75, 3.05) is 19.6 Å². The average molecular weight is 563 g/mol.